The van der Waals surface area contributed by atoms with Crippen molar-refractivity contribution >= 4 is 35.0 Å². The molecule has 1 aliphatic heterocycles. The molecule has 0 saturated carbocycles. The lowest BCUT2D eigenvalue weighted by atomic mass is 9.96. The normalized spacial score (nSPS) is 14.8. The van der Waals surface area contributed by atoms with E-state index in [-0.39, 0.29) is 17.7 Å². The summed E-state index contributed by atoms with van der Waals surface area (Å²) in [6.07, 6.45) is 1.10. The van der Waals surface area contributed by atoms with Crippen LogP contribution in [0.5, 0.6) is 0 Å². The number of aromatic nitrogens is 2. The largest absolute Gasteiger partial charge is 0.460 e. The zero-order valence-electron chi connectivity index (χ0n) is 16.3. The lowest BCUT2D eigenvalue weighted by molar-refractivity contribution is -0.123. The van der Waals surface area contributed by atoms with Crippen molar-refractivity contribution in [2.45, 2.75) is 19.8 Å². The van der Waals surface area contributed by atoms with E-state index in [9.17, 15) is 9.59 Å². The van der Waals surface area contributed by atoms with Gasteiger partial charge in [0.1, 0.15) is 17.1 Å². The molecule has 0 atom stereocenters. The fourth-order valence-corrected chi connectivity index (χ4v) is 3.86. The number of halogens is 2. The lowest BCUT2D eigenvalue weighted by Crippen LogP contribution is -2.42. The fourth-order valence-electron chi connectivity index (χ4n) is 3.57. The maximum atomic E-state index is 13.3. The van der Waals surface area contributed by atoms with E-state index < -0.39 is 0 Å². The Labute approximate surface area is 183 Å². The second-order valence-corrected chi connectivity index (χ2v) is 8.12. The standard InChI is InChI=1S/C21H20Cl2N4O3/c1-12-2-5-19(30-12)17-11-18(21(29)26-8-6-13(7-9-26)20(24)28)27(25-17)14-3-4-15(22)16(23)10-14/h2-5,10-11,13H,6-9H2,1H3,(H2,24,28). The summed E-state index contributed by atoms with van der Waals surface area (Å²) in [7, 11) is 0. The number of nitrogens with zero attached hydrogens (tertiary/aromatic N) is 3. The van der Waals surface area contributed by atoms with Crippen LogP contribution in [0.3, 0.4) is 0 Å². The second kappa shape index (κ2) is 8.16. The number of primary amides is 1. The third kappa shape index (κ3) is 3.95. The van der Waals surface area contributed by atoms with Crippen molar-refractivity contribution in [3.8, 4) is 17.1 Å². The minimum absolute atomic E-state index is 0.189. The number of aryl methyl sites for hydroxylation is 1. The first-order valence-corrected chi connectivity index (χ1v) is 10.3. The van der Waals surface area contributed by atoms with Gasteiger partial charge in [-0.2, -0.15) is 5.10 Å². The predicted octanol–water partition coefficient (Wildman–Crippen LogP) is 4.09. The molecule has 3 heterocycles. The summed E-state index contributed by atoms with van der Waals surface area (Å²) in [4.78, 5) is 26.5. The summed E-state index contributed by atoms with van der Waals surface area (Å²) in [5.41, 5.74) is 6.91. The van der Waals surface area contributed by atoms with E-state index in [0.29, 0.717) is 58.8 Å². The first-order valence-electron chi connectivity index (χ1n) is 9.54. The molecular weight excluding hydrogens is 427 g/mol. The molecule has 0 radical (unpaired) electrons. The quantitative estimate of drug-likeness (QED) is 0.652. The van der Waals surface area contributed by atoms with Gasteiger partial charge in [-0.1, -0.05) is 23.2 Å². The minimum Gasteiger partial charge on any atom is -0.460 e. The van der Waals surface area contributed by atoms with Gasteiger partial charge in [0.05, 0.1) is 15.7 Å². The fraction of sp³-hybridized carbons (Fsp3) is 0.286. The highest BCUT2D eigenvalue weighted by atomic mass is 35.5. The molecule has 0 spiro atoms. The Bertz CT molecular complexity index is 1110. The van der Waals surface area contributed by atoms with Crippen LogP contribution in [-0.4, -0.2) is 39.6 Å². The monoisotopic (exact) mass is 446 g/mol. The molecular formula is C21H20Cl2N4O3. The Morgan fingerprint density at radius 3 is 2.43 bits per heavy atom. The van der Waals surface area contributed by atoms with E-state index >= 15 is 0 Å². The molecule has 30 heavy (non-hydrogen) atoms. The van der Waals surface area contributed by atoms with Crippen LogP contribution in [0.4, 0.5) is 0 Å². The summed E-state index contributed by atoms with van der Waals surface area (Å²) < 4.78 is 7.22. The van der Waals surface area contributed by atoms with Gasteiger partial charge >= 0.3 is 0 Å². The van der Waals surface area contributed by atoms with Crippen LogP contribution in [0.1, 0.15) is 29.1 Å². The first kappa shape index (κ1) is 20.5. The van der Waals surface area contributed by atoms with Gasteiger partial charge in [0.2, 0.25) is 5.91 Å². The Balaban J connectivity index is 1.72. The lowest BCUT2D eigenvalue weighted by Gasteiger charge is -2.30. The van der Waals surface area contributed by atoms with Crippen LogP contribution in [0.2, 0.25) is 10.0 Å². The number of piperidine rings is 1. The van der Waals surface area contributed by atoms with E-state index in [1.54, 1.807) is 29.2 Å². The zero-order valence-corrected chi connectivity index (χ0v) is 17.8. The third-order valence-corrected chi connectivity index (χ3v) is 5.99. The van der Waals surface area contributed by atoms with Gasteiger partial charge in [-0.05, 0) is 50.1 Å². The van der Waals surface area contributed by atoms with Gasteiger partial charge in [-0.15, -0.1) is 0 Å². The molecule has 0 unspecified atom stereocenters. The molecule has 0 bridgehead atoms. The van der Waals surface area contributed by atoms with E-state index in [2.05, 4.69) is 5.10 Å². The number of amides is 2. The van der Waals surface area contributed by atoms with Gasteiger partial charge in [-0.3, -0.25) is 9.59 Å². The topological polar surface area (TPSA) is 94.4 Å². The maximum absolute atomic E-state index is 13.3. The molecule has 1 aliphatic rings. The van der Waals surface area contributed by atoms with E-state index in [1.807, 2.05) is 19.1 Å². The number of likely N-dealkylation sites (tertiary alicyclic amines) is 1. The van der Waals surface area contributed by atoms with Gasteiger partial charge in [0, 0.05) is 25.1 Å². The summed E-state index contributed by atoms with van der Waals surface area (Å²) in [5.74, 6) is 0.600. The average Bonchev–Trinajstić information content (AvgIpc) is 3.36. The van der Waals surface area contributed by atoms with Crippen molar-refractivity contribution in [2.75, 3.05) is 13.1 Å². The number of furan rings is 1. The van der Waals surface area contributed by atoms with Crippen LogP contribution < -0.4 is 5.73 Å². The highest BCUT2D eigenvalue weighted by molar-refractivity contribution is 6.42. The molecule has 0 aliphatic carbocycles. The Hall–Kier alpha value is -2.77. The van der Waals surface area contributed by atoms with Crippen molar-refractivity contribution in [1.29, 1.82) is 0 Å². The van der Waals surface area contributed by atoms with E-state index in [1.165, 1.54) is 4.68 Å². The molecule has 156 valence electrons. The van der Waals surface area contributed by atoms with Crippen molar-refractivity contribution in [2.24, 2.45) is 11.7 Å². The maximum Gasteiger partial charge on any atom is 0.272 e. The summed E-state index contributed by atoms with van der Waals surface area (Å²) >= 11 is 12.2. The Kier molecular flexibility index (Phi) is 5.58. The molecule has 3 aromatic rings. The molecule has 9 heteroatoms. The van der Waals surface area contributed by atoms with Crippen molar-refractivity contribution in [1.82, 2.24) is 14.7 Å². The van der Waals surface area contributed by atoms with Gasteiger partial charge in [0.25, 0.3) is 5.91 Å². The zero-order chi connectivity index (χ0) is 21.4. The molecule has 7 nitrogen and oxygen atoms in total. The molecule has 1 aromatic carbocycles. The number of carbonyl (C=O) groups excluding carboxylic acids is 2. The number of hydrogen-bond donors (Lipinski definition) is 1. The highest BCUT2D eigenvalue weighted by Crippen LogP contribution is 2.29. The molecule has 2 N–H and O–H groups in total. The predicted molar refractivity (Wildman–Crippen MR) is 114 cm³/mol. The highest BCUT2D eigenvalue weighted by Gasteiger charge is 2.29. The number of nitrogens with two attached hydrogens (primary N) is 1. The summed E-state index contributed by atoms with van der Waals surface area (Å²) in [6, 6.07) is 10.4. The Morgan fingerprint density at radius 2 is 1.83 bits per heavy atom. The summed E-state index contributed by atoms with van der Waals surface area (Å²) in [6.45, 7) is 2.75. The Morgan fingerprint density at radius 1 is 1.10 bits per heavy atom. The number of carbonyl (C=O) groups is 2. The SMILES string of the molecule is Cc1ccc(-c2cc(C(=O)N3CCC(C(N)=O)CC3)n(-c3ccc(Cl)c(Cl)c3)n2)o1. The number of hydrogen-bond acceptors (Lipinski definition) is 4. The van der Waals surface area contributed by atoms with Crippen molar-refractivity contribution < 1.29 is 14.0 Å². The van der Waals surface area contributed by atoms with Crippen molar-refractivity contribution in [3.63, 3.8) is 0 Å². The van der Waals surface area contributed by atoms with Gasteiger partial charge in [-0.25, -0.2) is 4.68 Å². The summed E-state index contributed by atoms with van der Waals surface area (Å²) in [5, 5.41) is 5.37. The first-order chi connectivity index (χ1) is 14.3. The minimum atomic E-state index is -0.321. The smallest absolute Gasteiger partial charge is 0.272 e. The molecule has 1 fully saturated rings. The molecule has 1 saturated heterocycles. The van der Waals surface area contributed by atoms with Gasteiger partial charge in [0.15, 0.2) is 5.76 Å². The van der Waals surface area contributed by atoms with E-state index in [0.717, 1.165) is 5.76 Å². The van der Waals surface area contributed by atoms with Crippen LogP contribution in [0.15, 0.2) is 40.8 Å². The number of rotatable bonds is 4. The molecule has 2 amide bonds. The van der Waals surface area contributed by atoms with Gasteiger partial charge < -0.3 is 15.1 Å². The molecule has 4 rings (SSSR count). The van der Waals surface area contributed by atoms with Crippen LogP contribution in [0, 0.1) is 12.8 Å². The molecule has 2 aromatic heterocycles. The van der Waals surface area contributed by atoms with E-state index in [4.69, 9.17) is 33.4 Å². The third-order valence-electron chi connectivity index (χ3n) is 5.25. The van der Waals surface area contributed by atoms with Crippen LogP contribution >= 0.6 is 23.2 Å². The van der Waals surface area contributed by atoms with Crippen LogP contribution in [0.25, 0.3) is 17.1 Å². The van der Waals surface area contributed by atoms with Crippen molar-refractivity contribution in [3.05, 3.63) is 57.9 Å². The average molecular weight is 447 g/mol. The number of benzene rings is 1. The van der Waals surface area contributed by atoms with Crippen LogP contribution in [-0.2, 0) is 4.79 Å². The second-order valence-electron chi connectivity index (χ2n) is 7.30.